The van der Waals surface area contributed by atoms with Crippen molar-refractivity contribution in [3.63, 3.8) is 0 Å². The van der Waals surface area contributed by atoms with Gasteiger partial charge in [0.2, 0.25) is 0 Å². The molecule has 0 atom stereocenters. The summed E-state index contributed by atoms with van der Waals surface area (Å²) in [4.78, 5) is 4.70. The van der Waals surface area contributed by atoms with E-state index in [9.17, 15) is 8.42 Å². The predicted molar refractivity (Wildman–Crippen MR) is 75.7 cm³/mol. The van der Waals surface area contributed by atoms with Crippen molar-refractivity contribution in [2.75, 3.05) is 33.4 Å². The molecule has 0 amide bonds. The Hall–Kier alpha value is -0.950. The number of likely N-dealkylation sites (N-methyl/N-ethyl adjacent to an activating group) is 2. The van der Waals surface area contributed by atoms with Gasteiger partial charge in [-0.1, -0.05) is 24.6 Å². The molecule has 1 aromatic carbocycles. The fourth-order valence-electron chi connectivity index (χ4n) is 1.76. The van der Waals surface area contributed by atoms with Crippen LogP contribution in [0.4, 0.5) is 0 Å². The lowest BCUT2D eigenvalue weighted by atomic mass is 10.2. The molecule has 108 valence electrons. The molecule has 0 aliphatic carbocycles. The lowest BCUT2D eigenvalue weighted by molar-refractivity contribution is 0.286. The summed E-state index contributed by atoms with van der Waals surface area (Å²) in [6.45, 7) is 8.91. The summed E-state index contributed by atoms with van der Waals surface area (Å²) >= 11 is 0. The van der Waals surface area contributed by atoms with Gasteiger partial charge < -0.3 is 0 Å². The molecule has 6 heteroatoms. The van der Waals surface area contributed by atoms with Crippen LogP contribution >= 0.6 is 0 Å². The Balaban J connectivity index is 0.000000200. The number of hydrogen-bond donors (Lipinski definition) is 1. The number of rotatable bonds is 2. The summed E-state index contributed by atoms with van der Waals surface area (Å²) in [7, 11) is -1.86. The van der Waals surface area contributed by atoms with Crippen LogP contribution in [0.2, 0.25) is 0 Å². The van der Waals surface area contributed by atoms with Crippen LogP contribution in [0.15, 0.2) is 29.2 Å². The van der Waals surface area contributed by atoms with Crippen LogP contribution in [0.5, 0.6) is 0 Å². The first-order valence-corrected chi connectivity index (χ1v) is 7.72. The Labute approximate surface area is 115 Å². The van der Waals surface area contributed by atoms with E-state index in [-0.39, 0.29) is 4.90 Å². The second kappa shape index (κ2) is 7.00. The highest BCUT2D eigenvalue weighted by atomic mass is 32.2. The van der Waals surface area contributed by atoms with Crippen molar-refractivity contribution in [1.29, 1.82) is 0 Å². The van der Waals surface area contributed by atoms with E-state index < -0.39 is 10.1 Å². The Bertz CT molecular complexity index is 485. The summed E-state index contributed by atoms with van der Waals surface area (Å²) in [5.74, 6) is 0. The minimum Gasteiger partial charge on any atom is -0.292 e. The Morgan fingerprint density at radius 1 is 1.21 bits per heavy atom. The Morgan fingerprint density at radius 3 is 2.11 bits per heavy atom. The van der Waals surface area contributed by atoms with E-state index in [2.05, 4.69) is 23.8 Å². The molecule has 0 spiro atoms. The normalized spacial score (nSPS) is 17.1. The van der Waals surface area contributed by atoms with Crippen molar-refractivity contribution in [1.82, 2.24) is 9.80 Å². The minimum absolute atomic E-state index is 0.0666. The van der Waals surface area contributed by atoms with Crippen LogP contribution in [-0.4, -0.2) is 56.1 Å². The molecule has 1 N–H and O–H groups in total. The van der Waals surface area contributed by atoms with Gasteiger partial charge >= 0.3 is 0 Å². The third kappa shape index (κ3) is 5.69. The highest BCUT2D eigenvalue weighted by Gasteiger charge is 2.12. The SMILES string of the molecule is CCN1CCN(C)C1.Cc1ccc(S(=O)(=O)O)cc1. The van der Waals surface area contributed by atoms with E-state index in [1.165, 1.54) is 31.8 Å². The van der Waals surface area contributed by atoms with Gasteiger partial charge in [-0.3, -0.25) is 14.4 Å². The maximum absolute atomic E-state index is 10.5. The quantitative estimate of drug-likeness (QED) is 0.834. The van der Waals surface area contributed by atoms with Crippen molar-refractivity contribution in [3.8, 4) is 0 Å². The summed E-state index contributed by atoms with van der Waals surface area (Å²) in [5, 5.41) is 0. The second-order valence-electron chi connectivity index (χ2n) is 4.72. The van der Waals surface area contributed by atoms with E-state index >= 15 is 0 Å². The Kier molecular flexibility index (Phi) is 5.93. The molecule has 0 saturated carbocycles. The molecule has 0 radical (unpaired) electrons. The van der Waals surface area contributed by atoms with Gasteiger partial charge in [-0.05, 0) is 32.6 Å². The van der Waals surface area contributed by atoms with Crippen molar-refractivity contribution in [3.05, 3.63) is 29.8 Å². The van der Waals surface area contributed by atoms with Gasteiger partial charge in [0.1, 0.15) is 0 Å². The zero-order valence-electron chi connectivity index (χ0n) is 11.7. The average Bonchev–Trinajstić information content (AvgIpc) is 2.75. The molecule has 1 aliphatic heterocycles. The van der Waals surface area contributed by atoms with Gasteiger partial charge in [0, 0.05) is 13.1 Å². The predicted octanol–water partition coefficient (Wildman–Crippen LogP) is 1.45. The average molecular weight is 286 g/mol. The van der Waals surface area contributed by atoms with Gasteiger partial charge in [-0.2, -0.15) is 8.42 Å². The van der Waals surface area contributed by atoms with Gasteiger partial charge in [0.15, 0.2) is 0 Å². The fourth-order valence-corrected chi connectivity index (χ4v) is 2.24. The molecule has 1 heterocycles. The van der Waals surface area contributed by atoms with Crippen LogP contribution < -0.4 is 0 Å². The van der Waals surface area contributed by atoms with E-state index in [0.29, 0.717) is 0 Å². The number of benzene rings is 1. The third-order valence-electron chi connectivity index (χ3n) is 3.01. The molecule has 0 bridgehead atoms. The first kappa shape index (κ1) is 16.1. The second-order valence-corrected chi connectivity index (χ2v) is 6.14. The van der Waals surface area contributed by atoms with Crippen molar-refractivity contribution in [2.24, 2.45) is 0 Å². The standard InChI is InChI=1S/C7H8O3S.C6H14N2/c1-6-2-4-7(5-3-6)11(8,9)10;1-3-8-5-4-7(2)6-8/h2-5H,1H3,(H,8,9,10);3-6H2,1-2H3. The highest BCUT2D eigenvalue weighted by Crippen LogP contribution is 2.08. The molecule has 2 rings (SSSR count). The maximum Gasteiger partial charge on any atom is 0.294 e. The van der Waals surface area contributed by atoms with Crippen molar-refractivity contribution < 1.29 is 13.0 Å². The summed E-state index contributed by atoms with van der Waals surface area (Å²) in [6.07, 6.45) is 0. The highest BCUT2D eigenvalue weighted by molar-refractivity contribution is 7.85. The van der Waals surface area contributed by atoms with E-state index in [0.717, 1.165) is 12.2 Å². The number of hydrogen-bond acceptors (Lipinski definition) is 4. The van der Waals surface area contributed by atoms with E-state index in [1.54, 1.807) is 12.1 Å². The maximum atomic E-state index is 10.5. The van der Waals surface area contributed by atoms with Gasteiger partial charge in [-0.15, -0.1) is 0 Å². The minimum atomic E-state index is -4.02. The molecule has 0 unspecified atom stereocenters. The van der Waals surface area contributed by atoms with Crippen molar-refractivity contribution in [2.45, 2.75) is 18.7 Å². The molecule has 5 nitrogen and oxygen atoms in total. The van der Waals surface area contributed by atoms with Crippen LogP contribution in [-0.2, 0) is 10.1 Å². The van der Waals surface area contributed by atoms with Crippen LogP contribution in [0.3, 0.4) is 0 Å². The zero-order valence-corrected chi connectivity index (χ0v) is 12.5. The first-order valence-electron chi connectivity index (χ1n) is 6.28. The molecule has 19 heavy (non-hydrogen) atoms. The van der Waals surface area contributed by atoms with Crippen molar-refractivity contribution >= 4 is 10.1 Å². The smallest absolute Gasteiger partial charge is 0.292 e. The van der Waals surface area contributed by atoms with Crippen LogP contribution in [0, 0.1) is 6.92 Å². The summed E-state index contributed by atoms with van der Waals surface area (Å²) < 4.78 is 29.6. The number of aryl methyl sites for hydroxylation is 1. The number of nitrogens with zero attached hydrogens (tertiary/aromatic N) is 2. The largest absolute Gasteiger partial charge is 0.294 e. The first-order chi connectivity index (χ1) is 8.82. The van der Waals surface area contributed by atoms with E-state index in [1.807, 2.05) is 6.92 Å². The topological polar surface area (TPSA) is 60.9 Å². The Morgan fingerprint density at radius 2 is 1.79 bits per heavy atom. The van der Waals surface area contributed by atoms with Gasteiger partial charge in [-0.25, -0.2) is 0 Å². The molecule has 1 aliphatic rings. The zero-order chi connectivity index (χ0) is 14.5. The molecule has 1 saturated heterocycles. The summed E-state index contributed by atoms with van der Waals surface area (Å²) in [5.41, 5.74) is 0.956. The van der Waals surface area contributed by atoms with Crippen LogP contribution in [0.1, 0.15) is 12.5 Å². The fraction of sp³-hybridized carbons (Fsp3) is 0.538. The third-order valence-corrected chi connectivity index (χ3v) is 3.87. The van der Waals surface area contributed by atoms with E-state index in [4.69, 9.17) is 4.55 Å². The molecular formula is C13H22N2O3S. The molecular weight excluding hydrogens is 264 g/mol. The monoisotopic (exact) mass is 286 g/mol. The summed E-state index contributed by atoms with van der Waals surface area (Å²) in [6, 6.07) is 5.99. The molecule has 1 aromatic rings. The molecule has 0 aromatic heterocycles. The van der Waals surface area contributed by atoms with Crippen LogP contribution in [0.25, 0.3) is 0 Å². The van der Waals surface area contributed by atoms with Gasteiger partial charge in [0.25, 0.3) is 10.1 Å². The lowest BCUT2D eigenvalue weighted by Gasteiger charge is -2.10. The molecule has 1 fully saturated rings. The lowest BCUT2D eigenvalue weighted by Crippen LogP contribution is -2.22. The van der Waals surface area contributed by atoms with Gasteiger partial charge in [0.05, 0.1) is 11.6 Å².